The first-order valence-electron chi connectivity index (χ1n) is 7.87. The van der Waals surface area contributed by atoms with Crippen LogP contribution in [0.1, 0.15) is 16.3 Å². The molecular formula is C19H16Cl2N2O2S. The summed E-state index contributed by atoms with van der Waals surface area (Å²) in [6.07, 6.45) is 0.167. The summed E-state index contributed by atoms with van der Waals surface area (Å²) in [4.78, 5) is 16.6. The molecule has 4 nitrogen and oxygen atoms in total. The van der Waals surface area contributed by atoms with Crippen LogP contribution in [0.15, 0.2) is 47.8 Å². The van der Waals surface area contributed by atoms with Crippen LogP contribution in [0.2, 0.25) is 10.0 Å². The Hall–Kier alpha value is -2.08. The predicted molar refractivity (Wildman–Crippen MR) is 106 cm³/mol. The summed E-state index contributed by atoms with van der Waals surface area (Å²) in [5, 5.41) is 6.36. The van der Waals surface area contributed by atoms with Gasteiger partial charge in [-0.15, -0.1) is 11.3 Å². The van der Waals surface area contributed by atoms with Gasteiger partial charge in [0.2, 0.25) is 5.91 Å². The Morgan fingerprint density at radius 3 is 2.69 bits per heavy atom. The van der Waals surface area contributed by atoms with Crippen molar-refractivity contribution in [3.63, 3.8) is 0 Å². The van der Waals surface area contributed by atoms with E-state index >= 15 is 0 Å². The van der Waals surface area contributed by atoms with E-state index in [2.05, 4.69) is 10.3 Å². The fourth-order valence-corrected chi connectivity index (χ4v) is 3.39. The number of rotatable bonds is 6. The SMILES string of the molecule is Cc1ccc(OCc2nc(CC(=O)Nc3ccc(Cl)cc3Cl)cs2)cc1. The number of thiazole rings is 1. The lowest BCUT2D eigenvalue weighted by Gasteiger charge is -2.06. The number of ether oxygens (including phenoxy) is 1. The van der Waals surface area contributed by atoms with Crippen LogP contribution in [-0.4, -0.2) is 10.9 Å². The Labute approximate surface area is 165 Å². The van der Waals surface area contributed by atoms with Crippen molar-refractivity contribution >= 4 is 46.1 Å². The third kappa shape index (κ3) is 5.21. The predicted octanol–water partition coefficient (Wildman–Crippen LogP) is 5.52. The first-order chi connectivity index (χ1) is 12.5. The summed E-state index contributed by atoms with van der Waals surface area (Å²) >= 11 is 13.4. The number of amides is 1. The number of nitrogens with one attached hydrogen (secondary N) is 1. The van der Waals surface area contributed by atoms with E-state index in [9.17, 15) is 4.79 Å². The molecule has 7 heteroatoms. The van der Waals surface area contributed by atoms with Crippen molar-refractivity contribution in [2.75, 3.05) is 5.32 Å². The number of carbonyl (C=O) groups is 1. The third-order valence-corrected chi connectivity index (χ3v) is 4.95. The van der Waals surface area contributed by atoms with Crippen LogP contribution in [0, 0.1) is 6.92 Å². The molecule has 1 heterocycles. The zero-order chi connectivity index (χ0) is 18.5. The summed E-state index contributed by atoms with van der Waals surface area (Å²) < 4.78 is 5.71. The lowest BCUT2D eigenvalue weighted by Crippen LogP contribution is -2.15. The van der Waals surface area contributed by atoms with E-state index in [1.807, 2.05) is 36.6 Å². The third-order valence-electron chi connectivity index (χ3n) is 3.53. The molecule has 0 fully saturated rings. The Kier molecular flexibility index (Phi) is 6.14. The van der Waals surface area contributed by atoms with Crippen LogP contribution in [0.3, 0.4) is 0 Å². The van der Waals surface area contributed by atoms with E-state index in [4.69, 9.17) is 27.9 Å². The quantitative estimate of drug-likeness (QED) is 0.586. The molecule has 0 saturated carbocycles. The largest absolute Gasteiger partial charge is 0.486 e. The van der Waals surface area contributed by atoms with Crippen molar-refractivity contribution in [2.24, 2.45) is 0 Å². The average molecular weight is 407 g/mol. The van der Waals surface area contributed by atoms with Gasteiger partial charge >= 0.3 is 0 Å². The number of hydrogen-bond acceptors (Lipinski definition) is 4. The molecule has 26 heavy (non-hydrogen) atoms. The molecule has 134 valence electrons. The van der Waals surface area contributed by atoms with Crippen molar-refractivity contribution in [3.05, 3.63) is 74.2 Å². The molecule has 3 aromatic rings. The van der Waals surface area contributed by atoms with Gasteiger partial charge in [0.1, 0.15) is 17.4 Å². The number of aromatic nitrogens is 1. The number of anilines is 1. The second-order valence-electron chi connectivity index (χ2n) is 5.68. The maximum atomic E-state index is 12.2. The van der Waals surface area contributed by atoms with Crippen LogP contribution < -0.4 is 10.1 Å². The highest BCUT2D eigenvalue weighted by molar-refractivity contribution is 7.09. The van der Waals surface area contributed by atoms with Gasteiger partial charge in [-0.2, -0.15) is 0 Å². The van der Waals surface area contributed by atoms with E-state index < -0.39 is 0 Å². The lowest BCUT2D eigenvalue weighted by molar-refractivity contribution is -0.115. The summed E-state index contributed by atoms with van der Waals surface area (Å²) in [6, 6.07) is 12.8. The highest BCUT2D eigenvalue weighted by Gasteiger charge is 2.10. The number of aryl methyl sites for hydroxylation is 1. The molecule has 0 radical (unpaired) electrons. The van der Waals surface area contributed by atoms with Crippen LogP contribution in [0.4, 0.5) is 5.69 Å². The van der Waals surface area contributed by atoms with E-state index in [0.717, 1.165) is 10.8 Å². The summed E-state index contributed by atoms with van der Waals surface area (Å²) in [5.74, 6) is 0.605. The Morgan fingerprint density at radius 1 is 1.19 bits per heavy atom. The molecule has 0 aliphatic rings. The molecule has 2 aromatic carbocycles. The lowest BCUT2D eigenvalue weighted by atomic mass is 10.2. The Balaban J connectivity index is 1.54. The van der Waals surface area contributed by atoms with Crippen molar-refractivity contribution < 1.29 is 9.53 Å². The fraction of sp³-hybridized carbons (Fsp3) is 0.158. The van der Waals surface area contributed by atoms with Gasteiger partial charge in [-0.3, -0.25) is 4.79 Å². The molecule has 0 aliphatic heterocycles. The molecular weight excluding hydrogens is 391 g/mol. The van der Waals surface area contributed by atoms with Gasteiger partial charge in [-0.05, 0) is 37.3 Å². The topological polar surface area (TPSA) is 51.2 Å². The smallest absolute Gasteiger partial charge is 0.230 e. The molecule has 0 saturated heterocycles. The number of carbonyl (C=O) groups excluding carboxylic acids is 1. The van der Waals surface area contributed by atoms with E-state index in [1.165, 1.54) is 16.9 Å². The van der Waals surface area contributed by atoms with Gasteiger partial charge in [-0.1, -0.05) is 40.9 Å². The van der Waals surface area contributed by atoms with Crippen molar-refractivity contribution in [3.8, 4) is 5.75 Å². The Bertz CT molecular complexity index is 910. The minimum atomic E-state index is -0.189. The summed E-state index contributed by atoms with van der Waals surface area (Å²) in [7, 11) is 0. The molecule has 1 amide bonds. The average Bonchev–Trinajstić information content (AvgIpc) is 3.04. The van der Waals surface area contributed by atoms with E-state index in [0.29, 0.717) is 28.0 Å². The molecule has 1 N–H and O–H groups in total. The second-order valence-corrected chi connectivity index (χ2v) is 7.47. The summed E-state index contributed by atoms with van der Waals surface area (Å²) in [5.41, 5.74) is 2.40. The highest BCUT2D eigenvalue weighted by Crippen LogP contribution is 2.25. The monoisotopic (exact) mass is 406 g/mol. The van der Waals surface area contributed by atoms with Gasteiger partial charge in [0.05, 0.1) is 22.8 Å². The molecule has 0 unspecified atom stereocenters. The van der Waals surface area contributed by atoms with Gasteiger partial charge in [0.15, 0.2) is 0 Å². The normalized spacial score (nSPS) is 10.6. The molecule has 0 atom stereocenters. The number of benzene rings is 2. The first-order valence-corrected chi connectivity index (χ1v) is 9.51. The number of halogens is 2. The van der Waals surface area contributed by atoms with Crippen molar-refractivity contribution in [2.45, 2.75) is 20.0 Å². The first kappa shape index (κ1) is 18.7. The molecule has 1 aromatic heterocycles. The van der Waals surface area contributed by atoms with Gasteiger partial charge in [-0.25, -0.2) is 4.98 Å². The van der Waals surface area contributed by atoms with Crippen LogP contribution in [-0.2, 0) is 17.8 Å². The molecule has 0 bridgehead atoms. The minimum absolute atomic E-state index is 0.167. The zero-order valence-corrected chi connectivity index (χ0v) is 16.3. The maximum Gasteiger partial charge on any atom is 0.230 e. The van der Waals surface area contributed by atoms with Crippen LogP contribution in [0.5, 0.6) is 5.75 Å². The van der Waals surface area contributed by atoms with Crippen molar-refractivity contribution in [1.29, 1.82) is 0 Å². The van der Waals surface area contributed by atoms with Gasteiger partial charge < -0.3 is 10.1 Å². The highest BCUT2D eigenvalue weighted by atomic mass is 35.5. The Morgan fingerprint density at radius 2 is 1.96 bits per heavy atom. The number of hydrogen-bond donors (Lipinski definition) is 1. The van der Waals surface area contributed by atoms with Gasteiger partial charge in [0, 0.05) is 10.4 Å². The van der Waals surface area contributed by atoms with Crippen LogP contribution >= 0.6 is 34.5 Å². The molecule has 0 spiro atoms. The molecule has 3 rings (SSSR count). The van der Waals surface area contributed by atoms with Gasteiger partial charge in [0.25, 0.3) is 0 Å². The summed E-state index contributed by atoms with van der Waals surface area (Å²) in [6.45, 7) is 2.40. The van der Waals surface area contributed by atoms with Crippen LogP contribution in [0.25, 0.3) is 0 Å². The number of nitrogens with zero attached hydrogens (tertiary/aromatic N) is 1. The van der Waals surface area contributed by atoms with E-state index in [-0.39, 0.29) is 12.3 Å². The standard InChI is InChI=1S/C19H16Cl2N2O2S/c1-12-2-5-15(6-3-12)25-10-19-22-14(11-26-19)9-18(24)23-17-7-4-13(20)8-16(17)21/h2-8,11H,9-10H2,1H3,(H,23,24). The minimum Gasteiger partial charge on any atom is -0.486 e. The zero-order valence-electron chi connectivity index (χ0n) is 14.0. The van der Waals surface area contributed by atoms with Crippen molar-refractivity contribution in [1.82, 2.24) is 4.98 Å². The molecule has 0 aliphatic carbocycles. The second kappa shape index (κ2) is 8.54. The van der Waals surface area contributed by atoms with E-state index in [1.54, 1.807) is 18.2 Å². The fourth-order valence-electron chi connectivity index (χ4n) is 2.23. The maximum absolute atomic E-state index is 12.2.